The van der Waals surface area contributed by atoms with Gasteiger partial charge in [-0.3, -0.25) is 9.78 Å². The Morgan fingerprint density at radius 1 is 1.00 bits per heavy atom. The van der Waals surface area contributed by atoms with E-state index in [-0.39, 0.29) is 13.1 Å². The van der Waals surface area contributed by atoms with Gasteiger partial charge in [-0.15, -0.1) is 0 Å². The van der Waals surface area contributed by atoms with Gasteiger partial charge in [-0.2, -0.15) is 0 Å². The van der Waals surface area contributed by atoms with Gasteiger partial charge < -0.3 is 14.9 Å². The first kappa shape index (κ1) is 21.8. The van der Waals surface area contributed by atoms with Gasteiger partial charge >= 0.3 is 0 Å². The van der Waals surface area contributed by atoms with Crippen molar-refractivity contribution in [3.63, 3.8) is 0 Å². The summed E-state index contributed by atoms with van der Waals surface area (Å²) in [5.41, 5.74) is 3.50. The molecule has 2 aromatic carbocycles. The number of carbonyl (C=O) groups excluding carboxylic acids is 1. The zero-order valence-electron chi connectivity index (χ0n) is 19.2. The van der Waals surface area contributed by atoms with Gasteiger partial charge in [0.2, 0.25) is 5.91 Å². The maximum Gasteiger partial charge on any atom is 0.223 e. The molecule has 0 saturated carbocycles. The number of phenolic OH excluding ortho intramolecular Hbond substituents is 1. The molecule has 3 heterocycles. The van der Waals surface area contributed by atoms with Crippen LogP contribution >= 0.6 is 0 Å². The molecule has 7 heteroatoms. The van der Waals surface area contributed by atoms with E-state index < -0.39 is 0 Å². The lowest BCUT2D eigenvalue weighted by molar-refractivity contribution is -0.131. The first-order valence-electron chi connectivity index (χ1n) is 11.6. The molecule has 4 aromatic rings. The molecule has 0 unspecified atom stereocenters. The minimum Gasteiger partial charge on any atom is -0.507 e. The summed E-state index contributed by atoms with van der Waals surface area (Å²) < 4.78 is 0. The zero-order valence-corrected chi connectivity index (χ0v) is 19.2. The Labute approximate surface area is 200 Å². The molecule has 1 amide bonds. The van der Waals surface area contributed by atoms with Crippen LogP contribution in [0.4, 0.5) is 5.82 Å². The molecule has 1 fully saturated rings. The lowest BCUT2D eigenvalue weighted by atomic mass is 10.1. The molecule has 0 radical (unpaired) electrons. The molecule has 5 rings (SSSR count). The molecule has 2 aromatic heterocycles. The number of phenols is 1. The molecular formula is C27H29N5O2. The van der Waals surface area contributed by atoms with Crippen LogP contribution in [0.5, 0.6) is 5.75 Å². The summed E-state index contributed by atoms with van der Waals surface area (Å²) >= 11 is 0. The van der Waals surface area contributed by atoms with Crippen LogP contribution < -0.4 is 4.90 Å². The van der Waals surface area contributed by atoms with Gasteiger partial charge in [0.05, 0.1) is 11.1 Å². The second-order valence-electron chi connectivity index (χ2n) is 8.60. The second kappa shape index (κ2) is 9.47. The van der Waals surface area contributed by atoms with Crippen LogP contribution in [0, 0.1) is 6.92 Å². The summed E-state index contributed by atoms with van der Waals surface area (Å²) in [7, 11) is 0. The van der Waals surface area contributed by atoms with Gasteiger partial charge in [-0.25, -0.2) is 9.97 Å². The minimum absolute atomic E-state index is 0. The van der Waals surface area contributed by atoms with Crippen molar-refractivity contribution >= 4 is 22.6 Å². The number of benzene rings is 2. The third kappa shape index (κ3) is 4.55. The van der Waals surface area contributed by atoms with E-state index in [0.717, 1.165) is 28.0 Å². The van der Waals surface area contributed by atoms with Gasteiger partial charge in [-0.05, 0) is 55.3 Å². The van der Waals surface area contributed by atoms with Crippen molar-refractivity contribution in [2.45, 2.75) is 19.8 Å². The van der Waals surface area contributed by atoms with Crippen LogP contribution in [0.25, 0.3) is 22.3 Å². The highest BCUT2D eigenvalue weighted by Crippen LogP contribution is 2.32. The summed E-state index contributed by atoms with van der Waals surface area (Å²) in [5.74, 6) is 1.65. The van der Waals surface area contributed by atoms with Gasteiger partial charge in [-0.1, -0.05) is 24.3 Å². The maximum atomic E-state index is 12.8. The number of rotatable bonds is 5. The molecule has 34 heavy (non-hydrogen) atoms. The van der Waals surface area contributed by atoms with Crippen LogP contribution in [0.2, 0.25) is 0 Å². The highest BCUT2D eigenvalue weighted by Gasteiger charge is 2.24. The monoisotopic (exact) mass is 455 g/mol. The Morgan fingerprint density at radius 3 is 2.56 bits per heavy atom. The predicted molar refractivity (Wildman–Crippen MR) is 135 cm³/mol. The quantitative estimate of drug-likeness (QED) is 0.485. The van der Waals surface area contributed by atoms with E-state index in [1.165, 1.54) is 0 Å². The lowest BCUT2D eigenvalue weighted by Crippen LogP contribution is -2.49. The van der Waals surface area contributed by atoms with Crippen molar-refractivity contribution in [3.05, 3.63) is 78.1 Å². The fourth-order valence-electron chi connectivity index (χ4n) is 4.35. The van der Waals surface area contributed by atoms with Crippen molar-refractivity contribution in [1.82, 2.24) is 19.9 Å². The number of aromatic nitrogens is 3. The molecule has 0 bridgehead atoms. The molecule has 1 aliphatic rings. The lowest BCUT2D eigenvalue weighted by Gasteiger charge is -2.36. The summed E-state index contributed by atoms with van der Waals surface area (Å²) in [6.45, 7) is 4.70. The normalized spacial score (nSPS) is 13.9. The number of fused-ring (bicyclic) bond motifs is 1. The molecule has 174 valence electrons. The highest BCUT2D eigenvalue weighted by atomic mass is 16.3. The summed E-state index contributed by atoms with van der Waals surface area (Å²) in [5, 5.41) is 11.4. The average Bonchev–Trinajstić information content (AvgIpc) is 2.87. The molecule has 7 nitrogen and oxygen atoms in total. The number of piperazine rings is 1. The van der Waals surface area contributed by atoms with Crippen LogP contribution in [0.3, 0.4) is 0 Å². The van der Waals surface area contributed by atoms with Crippen molar-refractivity contribution in [1.29, 1.82) is 0 Å². The van der Waals surface area contributed by atoms with Gasteiger partial charge in [0.1, 0.15) is 11.6 Å². The van der Waals surface area contributed by atoms with Gasteiger partial charge in [0.25, 0.3) is 0 Å². The minimum atomic E-state index is 0. The van der Waals surface area contributed by atoms with E-state index in [2.05, 4.69) is 22.0 Å². The molecule has 1 aliphatic heterocycles. The first-order chi connectivity index (χ1) is 16.6. The summed E-state index contributed by atoms with van der Waals surface area (Å²) in [4.78, 5) is 30.8. The topological polar surface area (TPSA) is 82.5 Å². The van der Waals surface area contributed by atoms with E-state index in [9.17, 15) is 9.90 Å². The molecule has 1 N–H and O–H groups in total. The Hall–Kier alpha value is -4.00. The number of hydrogen-bond donors (Lipinski definition) is 1. The van der Waals surface area contributed by atoms with Crippen LogP contribution in [-0.4, -0.2) is 57.0 Å². The first-order valence-corrected chi connectivity index (χ1v) is 11.6. The fraction of sp³-hybridized carbons (Fsp3) is 0.259. The molecule has 0 aliphatic carbocycles. The highest BCUT2D eigenvalue weighted by molar-refractivity contribution is 5.92. The van der Waals surface area contributed by atoms with Gasteiger partial charge in [0, 0.05) is 51.3 Å². The Kier molecular flexibility index (Phi) is 6.08. The van der Waals surface area contributed by atoms with E-state index in [4.69, 9.17) is 9.97 Å². The standard InChI is InChI=1S/C27H27N5O2.H2/c1-19-9-11-21-23(18-19)29-26(22-7-2-3-8-24(22)33)30-27(21)32-16-14-31(15-17-32)25(34)12-10-20-6-4-5-13-28-20;/h2-9,11,13,18,33H,10,12,14-17H2,1H3;1H. The fourth-order valence-corrected chi connectivity index (χ4v) is 4.35. The van der Waals surface area contributed by atoms with Gasteiger partial charge in [0.15, 0.2) is 5.82 Å². The molecule has 0 atom stereocenters. The number of amides is 1. The number of aromatic hydroxyl groups is 1. The van der Waals surface area contributed by atoms with Crippen molar-refractivity contribution in [3.8, 4) is 17.1 Å². The number of nitrogens with zero attached hydrogens (tertiary/aromatic N) is 5. The largest absolute Gasteiger partial charge is 0.507 e. The summed E-state index contributed by atoms with van der Waals surface area (Å²) in [6.07, 6.45) is 2.87. The van der Waals surface area contributed by atoms with Crippen molar-refractivity contribution in [2.24, 2.45) is 0 Å². The number of hydrogen-bond acceptors (Lipinski definition) is 6. The van der Waals surface area contributed by atoms with Crippen molar-refractivity contribution in [2.75, 3.05) is 31.1 Å². The number of aryl methyl sites for hydroxylation is 2. The zero-order chi connectivity index (χ0) is 23.5. The number of anilines is 1. The van der Waals surface area contributed by atoms with E-state index in [1.54, 1.807) is 18.3 Å². The van der Waals surface area contributed by atoms with E-state index in [0.29, 0.717) is 50.4 Å². The number of carbonyl (C=O) groups is 1. The Morgan fingerprint density at radius 2 is 1.79 bits per heavy atom. The van der Waals surface area contributed by atoms with Crippen molar-refractivity contribution < 1.29 is 11.3 Å². The predicted octanol–water partition coefficient (Wildman–Crippen LogP) is 4.23. The van der Waals surface area contributed by atoms with Crippen LogP contribution in [0.15, 0.2) is 66.9 Å². The second-order valence-corrected chi connectivity index (χ2v) is 8.60. The number of pyridine rings is 1. The Balaban J connectivity index is 0.00000289. The third-order valence-electron chi connectivity index (χ3n) is 6.23. The average molecular weight is 456 g/mol. The molecule has 0 spiro atoms. The van der Waals surface area contributed by atoms with Crippen LogP contribution in [-0.2, 0) is 11.2 Å². The third-order valence-corrected chi connectivity index (χ3v) is 6.23. The van der Waals surface area contributed by atoms with Crippen LogP contribution in [0.1, 0.15) is 19.1 Å². The maximum absolute atomic E-state index is 12.8. The number of para-hydroxylation sites is 1. The van der Waals surface area contributed by atoms with E-state index in [1.807, 2.05) is 48.2 Å². The van der Waals surface area contributed by atoms with E-state index >= 15 is 0 Å². The smallest absolute Gasteiger partial charge is 0.223 e. The Bertz CT molecular complexity index is 1320. The molecule has 1 saturated heterocycles. The molecular weight excluding hydrogens is 426 g/mol. The SMILES string of the molecule is Cc1ccc2c(N3CCN(C(=O)CCc4ccccn4)CC3)nc(-c3ccccc3O)nc2c1.[HH]. The summed E-state index contributed by atoms with van der Waals surface area (Å²) in [6, 6.07) is 19.1.